The molecule has 96 valence electrons. The molecule has 0 fully saturated rings. The number of rotatable bonds is 1. The highest BCUT2D eigenvalue weighted by Gasteiger charge is 2.20. The highest BCUT2D eigenvalue weighted by Crippen LogP contribution is 2.21. The molecule has 2 aliphatic rings. The Morgan fingerprint density at radius 1 is 1.00 bits per heavy atom. The van der Waals surface area contributed by atoms with Gasteiger partial charge in [-0.1, -0.05) is 24.3 Å². The summed E-state index contributed by atoms with van der Waals surface area (Å²) in [5.74, 6) is 4.03. The predicted octanol–water partition coefficient (Wildman–Crippen LogP) is -0.630. The Hall–Kier alpha value is -1.87. The molecule has 0 radical (unpaired) electrons. The van der Waals surface area contributed by atoms with Crippen molar-refractivity contribution in [1.29, 1.82) is 0 Å². The van der Waals surface area contributed by atoms with Gasteiger partial charge in [0.15, 0.2) is 11.6 Å². The summed E-state index contributed by atoms with van der Waals surface area (Å²) < 4.78 is 26.2. The number of hydrogen-bond acceptors (Lipinski definition) is 5. The number of nitrogens with one attached hydrogen (secondary N) is 1. The van der Waals surface area contributed by atoms with Crippen molar-refractivity contribution in [3.05, 3.63) is 47.6 Å². The Bertz CT molecular complexity index is 558. The van der Waals surface area contributed by atoms with E-state index in [1.807, 2.05) is 0 Å². The second kappa shape index (κ2) is 5.65. The minimum atomic E-state index is -4.13. The fourth-order valence-electron chi connectivity index (χ4n) is 1.25. The van der Waals surface area contributed by atoms with Gasteiger partial charge in [-0.25, -0.2) is 0 Å². The number of fused-ring (bicyclic) bond motifs is 1. The molecule has 0 unspecified atom stereocenters. The molecular weight excluding hydrogens is 260 g/mol. The van der Waals surface area contributed by atoms with Gasteiger partial charge in [-0.3, -0.25) is 20.0 Å². The molecule has 7 nitrogen and oxygen atoms in total. The molecule has 2 aliphatic carbocycles. The van der Waals surface area contributed by atoms with Crippen LogP contribution in [0.25, 0.3) is 0 Å². The van der Waals surface area contributed by atoms with Crippen molar-refractivity contribution in [2.24, 2.45) is 5.84 Å². The molecule has 0 heterocycles. The summed E-state index contributed by atoms with van der Waals surface area (Å²) in [5, 5.41) is 0. The second-order valence-electron chi connectivity index (χ2n) is 3.20. The zero-order valence-corrected chi connectivity index (χ0v) is 9.85. The van der Waals surface area contributed by atoms with E-state index in [1.165, 1.54) is 12.2 Å². The van der Waals surface area contributed by atoms with Crippen molar-refractivity contribution in [3.63, 3.8) is 0 Å². The van der Waals surface area contributed by atoms with Crippen molar-refractivity contribution in [3.8, 4) is 0 Å². The average molecular weight is 270 g/mol. The largest absolute Gasteiger partial charge is 0.346 e. The highest BCUT2D eigenvalue weighted by atomic mass is 32.2. The molecule has 0 saturated carbocycles. The Morgan fingerprint density at radius 3 is 1.61 bits per heavy atom. The molecule has 0 saturated heterocycles. The first-order valence-corrected chi connectivity index (χ1v) is 6.10. The maximum atomic E-state index is 11.2. The van der Waals surface area contributed by atoms with Crippen LogP contribution in [0.3, 0.4) is 0 Å². The van der Waals surface area contributed by atoms with Gasteiger partial charge in [0, 0.05) is 11.1 Å². The van der Waals surface area contributed by atoms with E-state index in [0.29, 0.717) is 11.1 Å². The molecule has 8 heteroatoms. The first kappa shape index (κ1) is 14.2. The van der Waals surface area contributed by atoms with Gasteiger partial charge >= 0.3 is 10.3 Å². The van der Waals surface area contributed by atoms with Crippen molar-refractivity contribution >= 4 is 21.9 Å². The van der Waals surface area contributed by atoms with E-state index in [-0.39, 0.29) is 11.6 Å². The van der Waals surface area contributed by atoms with Crippen LogP contribution in [0.5, 0.6) is 0 Å². The van der Waals surface area contributed by atoms with Crippen molar-refractivity contribution < 1.29 is 22.6 Å². The molecule has 0 amide bonds. The molecule has 0 atom stereocenters. The quantitative estimate of drug-likeness (QED) is 0.331. The zero-order chi connectivity index (χ0) is 13.8. The first-order chi connectivity index (χ1) is 8.35. The topological polar surface area (TPSA) is 127 Å². The Balaban J connectivity index is 0.000000232. The number of hydrazine groups is 1. The molecule has 0 aliphatic heterocycles. The third-order valence-corrected chi connectivity index (χ3v) is 2.29. The van der Waals surface area contributed by atoms with Crippen LogP contribution in [0.2, 0.25) is 0 Å². The smallest absolute Gasteiger partial charge is 0.289 e. The average Bonchev–Trinajstić information content (AvgIpc) is 2.31. The molecule has 4 N–H and O–H groups in total. The van der Waals surface area contributed by atoms with Crippen molar-refractivity contribution in [1.82, 2.24) is 4.83 Å². The lowest BCUT2D eigenvalue weighted by Crippen LogP contribution is -2.29. The highest BCUT2D eigenvalue weighted by molar-refractivity contribution is 7.83. The van der Waals surface area contributed by atoms with Crippen LogP contribution in [0, 0.1) is 0 Å². The van der Waals surface area contributed by atoms with Crippen LogP contribution in [0.1, 0.15) is 0 Å². The maximum absolute atomic E-state index is 11.2. The molecular formula is C10H10N2O5S. The van der Waals surface area contributed by atoms with Gasteiger partial charge in [-0.2, -0.15) is 8.42 Å². The molecule has 18 heavy (non-hydrogen) atoms. The van der Waals surface area contributed by atoms with E-state index < -0.39 is 10.3 Å². The van der Waals surface area contributed by atoms with Crippen LogP contribution in [-0.2, 0) is 19.9 Å². The molecule has 0 spiro atoms. The van der Waals surface area contributed by atoms with Crippen molar-refractivity contribution in [2.75, 3.05) is 0 Å². The van der Waals surface area contributed by atoms with Crippen LogP contribution < -0.4 is 10.7 Å². The monoisotopic (exact) mass is 270 g/mol. The fourth-order valence-corrected chi connectivity index (χ4v) is 1.25. The number of carbonyl (C=O) groups is 2. The van der Waals surface area contributed by atoms with Gasteiger partial charge in [0.1, 0.15) is 0 Å². The number of ketones is 2. The van der Waals surface area contributed by atoms with E-state index in [9.17, 15) is 18.0 Å². The van der Waals surface area contributed by atoms with Gasteiger partial charge in [0.25, 0.3) is 0 Å². The normalized spacial score (nSPS) is 17.4. The summed E-state index contributed by atoms with van der Waals surface area (Å²) in [6, 6.07) is 0. The first-order valence-electron chi connectivity index (χ1n) is 4.65. The lowest BCUT2D eigenvalue weighted by Gasteiger charge is -2.11. The summed E-state index contributed by atoms with van der Waals surface area (Å²) in [7, 11) is -4.13. The molecule has 2 rings (SSSR count). The van der Waals surface area contributed by atoms with E-state index in [0.717, 1.165) is 4.83 Å². The van der Waals surface area contributed by atoms with Gasteiger partial charge in [0.05, 0.1) is 0 Å². The number of hydrogen-bond donors (Lipinski definition) is 3. The fraction of sp³-hybridized carbons (Fsp3) is 0. The standard InChI is InChI=1S/C10H6O2.H4N2O3S/c11-9-5-1-3-7-8(9)4-2-6-10(7)12;1-2-6(3,4)5/h1-6H;2H,1H2,(H,3,4,5). The van der Waals surface area contributed by atoms with Crippen LogP contribution >= 0.6 is 0 Å². The van der Waals surface area contributed by atoms with Gasteiger partial charge < -0.3 is 0 Å². The Morgan fingerprint density at radius 2 is 1.33 bits per heavy atom. The van der Waals surface area contributed by atoms with E-state index in [2.05, 4.69) is 5.84 Å². The molecule has 0 aromatic rings. The number of nitrogens with two attached hydrogens (primary N) is 1. The summed E-state index contributed by atoms with van der Waals surface area (Å²) in [6.07, 6.45) is 9.46. The van der Waals surface area contributed by atoms with Gasteiger partial charge in [0.2, 0.25) is 0 Å². The summed E-state index contributed by atoms with van der Waals surface area (Å²) in [6.45, 7) is 0. The Kier molecular flexibility index (Phi) is 4.45. The van der Waals surface area contributed by atoms with Gasteiger partial charge in [-0.05, 0) is 12.2 Å². The summed E-state index contributed by atoms with van der Waals surface area (Å²) in [5.41, 5.74) is 1.01. The zero-order valence-electron chi connectivity index (χ0n) is 9.03. The molecule has 0 aromatic heterocycles. The van der Waals surface area contributed by atoms with Crippen LogP contribution in [0.15, 0.2) is 47.6 Å². The van der Waals surface area contributed by atoms with Crippen LogP contribution in [0.4, 0.5) is 0 Å². The lowest BCUT2D eigenvalue weighted by molar-refractivity contribution is -0.114. The molecule has 0 aromatic carbocycles. The summed E-state index contributed by atoms with van der Waals surface area (Å²) >= 11 is 0. The minimum absolute atomic E-state index is 0.0924. The Labute approximate surface area is 103 Å². The van der Waals surface area contributed by atoms with E-state index >= 15 is 0 Å². The number of carbonyl (C=O) groups excluding carboxylic acids is 2. The maximum Gasteiger partial charge on any atom is 0.346 e. The van der Waals surface area contributed by atoms with Crippen LogP contribution in [-0.4, -0.2) is 24.5 Å². The minimum Gasteiger partial charge on any atom is -0.289 e. The summed E-state index contributed by atoms with van der Waals surface area (Å²) in [4.78, 5) is 23.5. The predicted molar refractivity (Wildman–Crippen MR) is 63.3 cm³/mol. The second-order valence-corrected chi connectivity index (χ2v) is 4.39. The van der Waals surface area contributed by atoms with Gasteiger partial charge in [-0.15, -0.1) is 4.83 Å². The van der Waals surface area contributed by atoms with E-state index in [4.69, 9.17) is 4.55 Å². The third-order valence-electron chi connectivity index (χ3n) is 1.99. The number of allylic oxidation sites excluding steroid dienone is 8. The van der Waals surface area contributed by atoms with E-state index in [1.54, 1.807) is 24.3 Å². The lowest BCUT2D eigenvalue weighted by atomic mass is 9.90. The third kappa shape index (κ3) is 3.86. The SMILES string of the molecule is NNS(=O)(=O)O.O=C1C=CC=C2C(=O)C=CC=C12. The molecule has 0 bridgehead atoms. The van der Waals surface area contributed by atoms with Crippen molar-refractivity contribution in [2.45, 2.75) is 0 Å².